The number of carbonyl (C=O) groups excluding carboxylic acids is 4. The minimum Gasteiger partial charge on any atom is -0.496 e. The quantitative estimate of drug-likeness (QED) is 0.147. The number of hydrogen-bond donors (Lipinski definition) is 1. The van der Waals surface area contributed by atoms with Gasteiger partial charge in [0.2, 0.25) is 0 Å². The Morgan fingerprint density at radius 3 is 2.33 bits per heavy atom. The highest BCUT2D eigenvalue weighted by atomic mass is 35.5. The summed E-state index contributed by atoms with van der Waals surface area (Å²) in [5.41, 5.74) is 3.27. The molecule has 0 aromatic heterocycles. The number of carbonyl (C=O) groups is 3. The minimum absolute atomic E-state index is 0. The number of ether oxygens (including phenoxy) is 3. The molecule has 11 nitrogen and oxygen atoms in total. The zero-order valence-electron chi connectivity index (χ0n) is 28.0. The van der Waals surface area contributed by atoms with Crippen molar-refractivity contribution in [2.24, 2.45) is 0 Å². The van der Waals surface area contributed by atoms with E-state index in [2.05, 4.69) is 28.1 Å². The molecular formula is C36H43ClN4O7. The number of para-hydroxylation sites is 1. The molecule has 0 unspecified atom stereocenters. The predicted octanol–water partition coefficient (Wildman–Crippen LogP) is 5.25. The molecule has 0 bridgehead atoms. The molecule has 1 aliphatic heterocycles. The van der Waals surface area contributed by atoms with Gasteiger partial charge in [0.05, 0.1) is 49.0 Å². The second kappa shape index (κ2) is 17.9. The molecule has 0 aliphatic carbocycles. The van der Waals surface area contributed by atoms with Crippen LogP contribution in [0.1, 0.15) is 55.9 Å². The predicted molar refractivity (Wildman–Crippen MR) is 188 cm³/mol. The molecule has 2 amide bonds. The van der Waals surface area contributed by atoms with E-state index in [0.717, 1.165) is 44.6 Å². The number of likely N-dealkylation sites (N-methyl/N-ethyl adjacent to an activating group) is 1. The van der Waals surface area contributed by atoms with Crippen LogP contribution in [0.2, 0.25) is 0 Å². The number of hydrogen-bond acceptors (Lipinski definition) is 9. The minimum atomic E-state index is -0.582. The lowest BCUT2D eigenvalue weighted by molar-refractivity contribution is 0.0601. The van der Waals surface area contributed by atoms with Crippen LogP contribution in [0.5, 0.6) is 11.5 Å². The third-order valence-corrected chi connectivity index (χ3v) is 8.12. The summed E-state index contributed by atoms with van der Waals surface area (Å²) in [5.74, 6) is 1.47. The van der Waals surface area contributed by atoms with Crippen molar-refractivity contribution in [2.75, 3.05) is 71.3 Å². The van der Waals surface area contributed by atoms with Crippen LogP contribution >= 0.6 is 12.4 Å². The van der Waals surface area contributed by atoms with E-state index in [4.69, 9.17) is 14.2 Å². The van der Waals surface area contributed by atoms with Crippen molar-refractivity contribution < 1.29 is 33.4 Å². The summed E-state index contributed by atoms with van der Waals surface area (Å²) in [6.07, 6.45) is 2.15. The molecule has 4 rings (SSSR count). The third-order valence-electron chi connectivity index (χ3n) is 8.12. The molecule has 0 atom stereocenters. The Hall–Kier alpha value is -4.83. The number of allylic oxidation sites excluding steroid dienone is 1. The monoisotopic (exact) mass is 678 g/mol. The first kappa shape index (κ1) is 37.6. The largest absolute Gasteiger partial charge is 0.496 e. The second-order valence-electron chi connectivity index (χ2n) is 11.4. The number of aryl methyl sites for hydroxylation is 1. The van der Waals surface area contributed by atoms with Crippen molar-refractivity contribution in [3.63, 3.8) is 0 Å². The number of unbranched alkanes of at least 4 members (excludes halogenated alkanes) is 1. The molecule has 1 heterocycles. The number of piperazine rings is 1. The first-order valence-corrected chi connectivity index (χ1v) is 15.5. The van der Waals surface area contributed by atoms with Crippen molar-refractivity contribution in [3.8, 4) is 11.5 Å². The van der Waals surface area contributed by atoms with Crippen LogP contribution < -0.4 is 19.7 Å². The van der Waals surface area contributed by atoms with Gasteiger partial charge in [-0.2, -0.15) is 0 Å². The van der Waals surface area contributed by atoms with Gasteiger partial charge in [0.15, 0.2) is 0 Å². The highest BCUT2D eigenvalue weighted by molar-refractivity contribution is 6.11. The number of benzene rings is 3. The zero-order chi connectivity index (χ0) is 33.9. The van der Waals surface area contributed by atoms with Crippen LogP contribution in [-0.4, -0.2) is 94.6 Å². The maximum absolute atomic E-state index is 13.6. The lowest BCUT2D eigenvalue weighted by Crippen LogP contribution is -2.44. The van der Waals surface area contributed by atoms with E-state index in [1.807, 2.05) is 25.1 Å². The van der Waals surface area contributed by atoms with E-state index in [1.165, 1.54) is 31.3 Å². The molecule has 1 fully saturated rings. The first-order valence-electron chi connectivity index (χ1n) is 15.5. The van der Waals surface area contributed by atoms with Gasteiger partial charge in [-0.3, -0.25) is 9.59 Å². The summed E-state index contributed by atoms with van der Waals surface area (Å²) in [7, 11) is 6.42. The van der Waals surface area contributed by atoms with E-state index >= 15 is 0 Å². The van der Waals surface area contributed by atoms with Crippen LogP contribution in [0.15, 0.2) is 66.4 Å². The second-order valence-corrected chi connectivity index (χ2v) is 11.4. The van der Waals surface area contributed by atoms with E-state index < -0.39 is 11.9 Å². The summed E-state index contributed by atoms with van der Waals surface area (Å²) in [5, 5.41) is 2.73. The third kappa shape index (κ3) is 9.38. The lowest BCUT2D eigenvalue weighted by Gasteiger charge is -2.34. The fourth-order valence-electron chi connectivity index (χ4n) is 5.33. The lowest BCUT2D eigenvalue weighted by atomic mass is 10.1. The smallest absolute Gasteiger partial charge is 0.339 e. The highest BCUT2D eigenvalue weighted by Gasteiger charge is 2.22. The topological polar surface area (TPSA) is 118 Å². The molecule has 3 aromatic carbocycles. The van der Waals surface area contributed by atoms with Crippen molar-refractivity contribution in [3.05, 3.63) is 88.6 Å². The maximum Gasteiger partial charge on any atom is 0.339 e. The van der Waals surface area contributed by atoms with Gasteiger partial charge in [-0.1, -0.05) is 18.2 Å². The van der Waals surface area contributed by atoms with Gasteiger partial charge in [-0.15, -0.1) is 12.4 Å². The van der Waals surface area contributed by atoms with E-state index in [0.29, 0.717) is 35.7 Å². The molecule has 0 spiro atoms. The normalized spacial score (nSPS) is 12.6. The van der Waals surface area contributed by atoms with Crippen LogP contribution in [0, 0.1) is 6.92 Å². The van der Waals surface area contributed by atoms with Gasteiger partial charge in [0.25, 0.3) is 11.8 Å². The average Bonchev–Trinajstić information content (AvgIpc) is 3.09. The molecule has 0 radical (unpaired) electrons. The number of rotatable bonds is 13. The molecule has 48 heavy (non-hydrogen) atoms. The molecule has 3 aromatic rings. The van der Waals surface area contributed by atoms with Crippen LogP contribution in [0.3, 0.4) is 0 Å². The number of anilines is 2. The van der Waals surface area contributed by atoms with E-state index in [1.54, 1.807) is 37.4 Å². The van der Waals surface area contributed by atoms with Crippen LogP contribution in [0.4, 0.5) is 11.4 Å². The van der Waals surface area contributed by atoms with Crippen molar-refractivity contribution >= 4 is 47.5 Å². The Balaban J connectivity index is 0.00000625. The fourth-order valence-corrected chi connectivity index (χ4v) is 5.33. The summed E-state index contributed by atoms with van der Waals surface area (Å²) >= 11 is 0. The van der Waals surface area contributed by atoms with E-state index in [9.17, 15) is 19.2 Å². The molecular weight excluding hydrogens is 636 g/mol. The summed E-state index contributed by atoms with van der Waals surface area (Å²) in [6, 6.07) is 16.7. The van der Waals surface area contributed by atoms with Crippen LogP contribution in [0.25, 0.3) is 0 Å². The van der Waals surface area contributed by atoms with Crippen LogP contribution in [-0.2, 0) is 9.53 Å². The standard InChI is InChI=1S/C36H42N4O7.ClH/c1-25-13-16-31(33(22-25)47-21-9-8-10-27(24-41)40-19-17-38(2)18-20-40)39(3)35(43)26-14-15-29(32(23-26)45-4)34(42)37-30-12-7-6-11-28(30)36(44)46-5;/h6-7,11-16,22-23H,8-10,17-21H2,1-5H3,(H,37,42);1H. The number of esters is 1. The van der Waals surface area contributed by atoms with Gasteiger partial charge in [-0.05, 0) is 81.3 Å². The highest BCUT2D eigenvalue weighted by Crippen LogP contribution is 2.31. The Morgan fingerprint density at radius 1 is 0.917 bits per heavy atom. The molecule has 1 N–H and O–H groups in total. The first-order chi connectivity index (χ1) is 22.7. The Labute approximate surface area is 287 Å². The Morgan fingerprint density at radius 2 is 1.65 bits per heavy atom. The summed E-state index contributed by atoms with van der Waals surface area (Å²) < 4.78 is 16.5. The number of methoxy groups -OCH3 is 2. The molecule has 0 saturated carbocycles. The number of nitrogens with one attached hydrogen (secondary N) is 1. The van der Waals surface area contributed by atoms with Crippen molar-refractivity contribution in [1.82, 2.24) is 9.80 Å². The Kier molecular flexibility index (Phi) is 14.0. The van der Waals surface area contributed by atoms with Gasteiger partial charge in [-0.25, -0.2) is 9.59 Å². The molecule has 12 heteroatoms. The summed E-state index contributed by atoms with van der Waals surface area (Å²) in [6.45, 7) is 5.89. The van der Waals surface area contributed by atoms with Gasteiger partial charge >= 0.3 is 5.97 Å². The fraction of sp³-hybridized carbons (Fsp3) is 0.361. The number of nitrogens with zero attached hydrogens (tertiary/aromatic N) is 3. The summed E-state index contributed by atoms with van der Waals surface area (Å²) in [4.78, 5) is 56.4. The molecule has 1 saturated heterocycles. The van der Waals surface area contributed by atoms with Gasteiger partial charge in [0, 0.05) is 38.8 Å². The maximum atomic E-state index is 13.6. The zero-order valence-corrected chi connectivity index (χ0v) is 28.9. The SMILES string of the molecule is COC(=O)c1ccccc1NC(=O)c1ccc(C(=O)N(C)c2ccc(C)cc2OCCCCC(=C=O)N2CCN(C)CC2)cc1OC.Cl. The Bertz CT molecular complexity index is 1650. The van der Waals surface area contributed by atoms with Crippen molar-refractivity contribution in [1.29, 1.82) is 0 Å². The number of amides is 2. The van der Waals surface area contributed by atoms with Gasteiger partial charge in [0.1, 0.15) is 17.4 Å². The number of halogens is 1. The van der Waals surface area contributed by atoms with Crippen molar-refractivity contribution in [2.45, 2.75) is 26.2 Å². The molecule has 1 aliphatic rings. The molecule has 256 valence electrons. The average molecular weight is 679 g/mol. The van der Waals surface area contributed by atoms with Gasteiger partial charge < -0.3 is 34.2 Å². The van der Waals surface area contributed by atoms with E-state index in [-0.39, 0.29) is 40.9 Å².